The van der Waals surface area contributed by atoms with Crippen LogP contribution in [0.15, 0.2) is 53.6 Å². The van der Waals surface area contributed by atoms with Crippen molar-refractivity contribution >= 4 is 24.0 Å². The molecule has 8 heteroatoms. The number of benzene rings is 2. The highest BCUT2D eigenvalue weighted by atomic mass is 16.5. The first-order valence-corrected chi connectivity index (χ1v) is 14.7. The minimum Gasteiger partial charge on any atom is -0.494 e. The van der Waals surface area contributed by atoms with Crippen molar-refractivity contribution < 1.29 is 23.9 Å². The standard InChI is InChI=1S/C32H45N3O5/c1-3-5-6-7-8-9-10-11-12-13-14-15-30(36)33-25-31(37)35-34-24-26-16-20-29(21-17-26)40-32(38)27-18-22-28(23-19-27)39-4-2/h16-24H,3-15,25H2,1-2H3,(H,33,36)(H,35,37)/b34-24+. The largest absolute Gasteiger partial charge is 0.494 e. The molecule has 218 valence electrons. The van der Waals surface area contributed by atoms with Gasteiger partial charge < -0.3 is 14.8 Å². The minimum atomic E-state index is -0.470. The Morgan fingerprint density at radius 2 is 1.30 bits per heavy atom. The average Bonchev–Trinajstić information content (AvgIpc) is 2.96. The van der Waals surface area contributed by atoms with Crippen molar-refractivity contribution in [3.63, 3.8) is 0 Å². The Labute approximate surface area is 238 Å². The van der Waals surface area contributed by atoms with Crippen LogP contribution in [0.4, 0.5) is 0 Å². The van der Waals surface area contributed by atoms with Crippen LogP contribution in [-0.4, -0.2) is 37.1 Å². The van der Waals surface area contributed by atoms with Gasteiger partial charge in [-0.15, -0.1) is 0 Å². The van der Waals surface area contributed by atoms with E-state index in [-0.39, 0.29) is 12.5 Å². The van der Waals surface area contributed by atoms with Gasteiger partial charge in [0.1, 0.15) is 11.5 Å². The second-order valence-corrected chi connectivity index (χ2v) is 9.77. The van der Waals surface area contributed by atoms with E-state index in [1.54, 1.807) is 48.5 Å². The van der Waals surface area contributed by atoms with Gasteiger partial charge in [0, 0.05) is 6.42 Å². The molecule has 2 aromatic carbocycles. The molecule has 0 radical (unpaired) electrons. The van der Waals surface area contributed by atoms with Crippen molar-refractivity contribution in [2.45, 2.75) is 90.9 Å². The Hall–Kier alpha value is -3.68. The summed E-state index contributed by atoms with van der Waals surface area (Å²) in [5, 5.41) is 6.55. The molecule has 40 heavy (non-hydrogen) atoms. The number of hydrogen-bond donors (Lipinski definition) is 2. The van der Waals surface area contributed by atoms with Crippen LogP contribution >= 0.6 is 0 Å². The normalized spacial score (nSPS) is 10.8. The predicted octanol–water partition coefficient (Wildman–Crippen LogP) is 6.57. The molecule has 0 fully saturated rings. The Morgan fingerprint density at radius 3 is 1.90 bits per heavy atom. The summed E-state index contributed by atoms with van der Waals surface area (Å²) in [6.07, 6.45) is 15.5. The minimum absolute atomic E-state index is 0.116. The molecule has 0 aromatic heterocycles. The van der Waals surface area contributed by atoms with Gasteiger partial charge >= 0.3 is 5.97 Å². The summed E-state index contributed by atoms with van der Waals surface area (Å²) in [4.78, 5) is 36.2. The number of unbranched alkanes of at least 4 members (excludes halogenated alkanes) is 10. The molecule has 0 aliphatic rings. The summed E-state index contributed by atoms with van der Waals surface area (Å²) in [6.45, 7) is 4.57. The number of carbonyl (C=O) groups is 3. The number of nitrogens with zero attached hydrogens (tertiary/aromatic N) is 1. The van der Waals surface area contributed by atoms with Gasteiger partial charge in [-0.25, -0.2) is 10.2 Å². The van der Waals surface area contributed by atoms with E-state index < -0.39 is 11.9 Å². The van der Waals surface area contributed by atoms with E-state index in [0.717, 1.165) is 19.3 Å². The van der Waals surface area contributed by atoms with Gasteiger partial charge in [-0.1, -0.05) is 71.1 Å². The Balaban J connectivity index is 1.55. The number of amides is 2. The second kappa shape index (κ2) is 20.3. The van der Waals surface area contributed by atoms with Crippen LogP contribution in [0.25, 0.3) is 0 Å². The van der Waals surface area contributed by atoms with Crippen LogP contribution < -0.4 is 20.2 Å². The summed E-state index contributed by atoms with van der Waals surface area (Å²) >= 11 is 0. The summed E-state index contributed by atoms with van der Waals surface area (Å²) in [7, 11) is 0. The fraction of sp³-hybridized carbons (Fsp3) is 0.500. The zero-order valence-corrected chi connectivity index (χ0v) is 24.1. The zero-order valence-electron chi connectivity index (χ0n) is 24.1. The molecule has 2 amide bonds. The SMILES string of the molecule is CCCCCCCCCCCCCC(=O)NCC(=O)N/N=C/c1ccc(OC(=O)c2ccc(OCC)cc2)cc1. The summed E-state index contributed by atoms with van der Waals surface area (Å²) < 4.78 is 10.8. The van der Waals surface area contributed by atoms with Crippen molar-refractivity contribution in [1.82, 2.24) is 10.7 Å². The number of nitrogens with one attached hydrogen (secondary N) is 2. The van der Waals surface area contributed by atoms with Gasteiger partial charge in [0.15, 0.2) is 0 Å². The molecular weight excluding hydrogens is 506 g/mol. The predicted molar refractivity (Wildman–Crippen MR) is 159 cm³/mol. The maximum atomic E-state index is 12.3. The first-order valence-electron chi connectivity index (χ1n) is 14.7. The van der Waals surface area contributed by atoms with E-state index in [1.807, 2.05) is 6.92 Å². The maximum Gasteiger partial charge on any atom is 0.343 e. The lowest BCUT2D eigenvalue weighted by atomic mass is 10.1. The first-order chi connectivity index (χ1) is 19.5. The Morgan fingerprint density at radius 1 is 0.725 bits per heavy atom. The fourth-order valence-corrected chi connectivity index (χ4v) is 4.08. The van der Waals surface area contributed by atoms with Gasteiger partial charge in [-0.2, -0.15) is 5.10 Å². The third kappa shape index (κ3) is 14.5. The number of esters is 1. The first kappa shape index (κ1) is 32.5. The van der Waals surface area contributed by atoms with Crippen LogP contribution in [0, 0.1) is 0 Å². The van der Waals surface area contributed by atoms with Crippen LogP contribution in [0.2, 0.25) is 0 Å². The molecule has 2 aromatic rings. The van der Waals surface area contributed by atoms with Gasteiger partial charge in [0.2, 0.25) is 5.91 Å². The molecular formula is C32H45N3O5. The molecule has 8 nitrogen and oxygen atoms in total. The van der Waals surface area contributed by atoms with E-state index >= 15 is 0 Å². The molecule has 0 heterocycles. The quantitative estimate of drug-likeness (QED) is 0.0636. The van der Waals surface area contributed by atoms with Crippen molar-refractivity contribution in [2.24, 2.45) is 5.10 Å². The van der Waals surface area contributed by atoms with E-state index in [4.69, 9.17) is 9.47 Å². The van der Waals surface area contributed by atoms with Crippen molar-refractivity contribution in [3.05, 3.63) is 59.7 Å². The van der Waals surface area contributed by atoms with Gasteiger partial charge in [0.05, 0.1) is 24.9 Å². The maximum absolute atomic E-state index is 12.3. The molecule has 0 spiro atoms. The van der Waals surface area contributed by atoms with Gasteiger partial charge in [-0.05, 0) is 67.4 Å². The van der Waals surface area contributed by atoms with E-state index in [1.165, 1.54) is 57.6 Å². The molecule has 0 aliphatic carbocycles. The third-order valence-corrected chi connectivity index (χ3v) is 6.35. The van der Waals surface area contributed by atoms with E-state index in [2.05, 4.69) is 22.8 Å². The highest BCUT2D eigenvalue weighted by Gasteiger charge is 2.09. The molecule has 0 unspecified atom stereocenters. The second-order valence-electron chi connectivity index (χ2n) is 9.77. The van der Waals surface area contributed by atoms with Crippen molar-refractivity contribution in [2.75, 3.05) is 13.2 Å². The van der Waals surface area contributed by atoms with Crippen LogP contribution in [0.5, 0.6) is 11.5 Å². The lowest BCUT2D eigenvalue weighted by Crippen LogP contribution is -2.34. The molecule has 0 bridgehead atoms. The molecule has 2 rings (SSSR count). The van der Waals surface area contributed by atoms with Gasteiger partial charge in [0.25, 0.3) is 5.91 Å². The molecule has 0 atom stereocenters. The molecule has 0 saturated heterocycles. The van der Waals surface area contributed by atoms with Crippen molar-refractivity contribution in [3.8, 4) is 11.5 Å². The van der Waals surface area contributed by atoms with E-state index in [9.17, 15) is 14.4 Å². The topological polar surface area (TPSA) is 106 Å². The third-order valence-electron chi connectivity index (χ3n) is 6.35. The lowest BCUT2D eigenvalue weighted by molar-refractivity contribution is -0.126. The zero-order chi connectivity index (χ0) is 28.8. The summed E-state index contributed by atoms with van der Waals surface area (Å²) in [6, 6.07) is 13.5. The number of carbonyl (C=O) groups excluding carboxylic acids is 3. The summed E-state index contributed by atoms with van der Waals surface area (Å²) in [5.74, 6) is 0.0921. The summed E-state index contributed by atoms with van der Waals surface area (Å²) in [5.41, 5.74) is 3.53. The number of hydrogen-bond acceptors (Lipinski definition) is 6. The lowest BCUT2D eigenvalue weighted by Gasteiger charge is -2.06. The van der Waals surface area contributed by atoms with Crippen LogP contribution in [0.1, 0.15) is 107 Å². The highest BCUT2D eigenvalue weighted by Crippen LogP contribution is 2.16. The van der Waals surface area contributed by atoms with Gasteiger partial charge in [-0.3, -0.25) is 9.59 Å². The van der Waals surface area contributed by atoms with E-state index in [0.29, 0.717) is 35.7 Å². The Bertz CT molecular complexity index is 1040. The average molecular weight is 552 g/mol. The Kier molecular flexibility index (Phi) is 16.5. The highest BCUT2D eigenvalue weighted by molar-refractivity contribution is 5.91. The fourth-order valence-electron chi connectivity index (χ4n) is 4.08. The van der Waals surface area contributed by atoms with Crippen LogP contribution in [-0.2, 0) is 9.59 Å². The monoisotopic (exact) mass is 551 g/mol. The van der Waals surface area contributed by atoms with Crippen molar-refractivity contribution in [1.29, 1.82) is 0 Å². The number of rotatable bonds is 20. The number of ether oxygens (including phenoxy) is 2. The number of hydrazone groups is 1. The molecule has 0 aliphatic heterocycles. The molecule has 0 saturated carbocycles. The molecule has 2 N–H and O–H groups in total. The smallest absolute Gasteiger partial charge is 0.343 e. The van der Waals surface area contributed by atoms with Crippen LogP contribution in [0.3, 0.4) is 0 Å².